The molecule has 158 valence electrons. The van der Waals surface area contributed by atoms with Crippen LogP contribution < -0.4 is 0 Å². The van der Waals surface area contributed by atoms with Crippen molar-refractivity contribution in [3.63, 3.8) is 0 Å². The Balaban J connectivity index is 1.67. The zero-order valence-electron chi connectivity index (χ0n) is 16.9. The Morgan fingerprint density at radius 3 is 2.58 bits per heavy atom. The average Bonchev–Trinajstić information content (AvgIpc) is 3.24. The molecule has 1 aliphatic rings. The third-order valence-electron chi connectivity index (χ3n) is 5.67. The summed E-state index contributed by atoms with van der Waals surface area (Å²) in [5, 5.41) is 21.3. The summed E-state index contributed by atoms with van der Waals surface area (Å²) in [6.45, 7) is 3.17. The largest absolute Gasteiger partial charge is 0.387 e. The smallest absolute Gasteiger partial charge is 0.159 e. The van der Waals surface area contributed by atoms with Crippen molar-refractivity contribution in [3.8, 4) is 11.1 Å². The Kier molecular flexibility index (Phi) is 4.58. The Hall–Kier alpha value is -2.87. The van der Waals surface area contributed by atoms with Gasteiger partial charge in [0, 0.05) is 46.7 Å². The molecule has 5 rings (SSSR count). The molecule has 4 aromatic rings. The monoisotopic (exact) mass is 438 g/mol. The van der Waals surface area contributed by atoms with E-state index in [4.69, 9.17) is 11.6 Å². The summed E-state index contributed by atoms with van der Waals surface area (Å²) >= 11 is 6.43. The predicted molar refractivity (Wildman–Crippen MR) is 114 cm³/mol. The molecule has 2 N–H and O–H groups in total. The molecule has 0 bridgehead atoms. The van der Waals surface area contributed by atoms with Crippen molar-refractivity contribution in [2.75, 3.05) is 0 Å². The number of nitrogens with zero attached hydrogens (tertiary/aromatic N) is 4. The number of aliphatic hydroxyl groups excluding tert-OH is 1. The van der Waals surface area contributed by atoms with E-state index in [9.17, 15) is 14.6 Å². The van der Waals surface area contributed by atoms with Gasteiger partial charge in [-0.1, -0.05) is 29.8 Å². The van der Waals surface area contributed by atoms with Gasteiger partial charge in [-0.25, -0.2) is 19.3 Å². The number of aliphatic hydroxyl groups is 2. The standard InChI is InChI=1S/C23H20ClFN4O2/c1-23(2,31)22-26-9-12(10-27-22)15-11-29-19(8-17(15)25)28-20-18(30)7-14(21(20)29)13-5-3-4-6-16(13)24/h3-6,8-11,14,18,30-31H,7H2,1-2H3/t14?,18-/m0/s1. The number of benzene rings is 1. The van der Waals surface area contributed by atoms with Gasteiger partial charge in [-0.2, -0.15) is 0 Å². The number of hydrogen-bond donors (Lipinski definition) is 2. The normalized spacial score (nSPS) is 18.5. The molecule has 0 amide bonds. The lowest BCUT2D eigenvalue weighted by Crippen LogP contribution is -2.19. The van der Waals surface area contributed by atoms with Crippen LogP contribution in [0.15, 0.2) is 48.9 Å². The number of pyridine rings is 1. The van der Waals surface area contributed by atoms with Crippen molar-refractivity contribution in [1.82, 2.24) is 19.4 Å². The minimum Gasteiger partial charge on any atom is -0.387 e. The second kappa shape index (κ2) is 7.09. The van der Waals surface area contributed by atoms with Crippen LogP contribution in [0.2, 0.25) is 5.02 Å². The van der Waals surface area contributed by atoms with Crippen LogP contribution in [0, 0.1) is 5.82 Å². The van der Waals surface area contributed by atoms with Crippen molar-refractivity contribution in [2.45, 2.75) is 37.9 Å². The minimum atomic E-state index is -1.19. The minimum absolute atomic E-state index is 0.166. The van der Waals surface area contributed by atoms with Crippen LogP contribution in [0.5, 0.6) is 0 Å². The molecule has 0 saturated heterocycles. The zero-order chi connectivity index (χ0) is 21.9. The topological polar surface area (TPSA) is 83.5 Å². The van der Waals surface area contributed by atoms with E-state index in [1.54, 1.807) is 20.0 Å². The summed E-state index contributed by atoms with van der Waals surface area (Å²) in [5.74, 6) is -0.386. The number of rotatable bonds is 3. The highest BCUT2D eigenvalue weighted by atomic mass is 35.5. The quantitative estimate of drug-likeness (QED) is 0.496. The highest BCUT2D eigenvalue weighted by Gasteiger charge is 2.37. The van der Waals surface area contributed by atoms with Crippen LogP contribution in [0.25, 0.3) is 16.8 Å². The molecular formula is C23H20ClFN4O2. The third-order valence-corrected chi connectivity index (χ3v) is 6.01. The third kappa shape index (κ3) is 3.29. The van der Waals surface area contributed by atoms with Gasteiger partial charge in [0.1, 0.15) is 17.1 Å². The first kappa shape index (κ1) is 20.1. The van der Waals surface area contributed by atoms with Gasteiger partial charge in [0.2, 0.25) is 0 Å². The molecule has 31 heavy (non-hydrogen) atoms. The van der Waals surface area contributed by atoms with Crippen LogP contribution >= 0.6 is 11.6 Å². The average molecular weight is 439 g/mol. The second-order valence-electron chi connectivity index (χ2n) is 8.33. The van der Waals surface area contributed by atoms with E-state index in [0.717, 1.165) is 11.3 Å². The maximum Gasteiger partial charge on any atom is 0.159 e. The molecule has 1 unspecified atom stereocenters. The lowest BCUT2D eigenvalue weighted by atomic mass is 9.96. The van der Waals surface area contributed by atoms with Gasteiger partial charge in [0.25, 0.3) is 0 Å². The molecule has 3 heterocycles. The fourth-order valence-corrected chi connectivity index (χ4v) is 4.43. The predicted octanol–water partition coefficient (Wildman–Crippen LogP) is 4.38. The number of imidazole rings is 1. The lowest BCUT2D eigenvalue weighted by molar-refractivity contribution is 0.0687. The van der Waals surface area contributed by atoms with Crippen molar-refractivity contribution >= 4 is 17.2 Å². The summed E-state index contributed by atoms with van der Waals surface area (Å²) < 4.78 is 16.7. The molecule has 2 atom stereocenters. The summed E-state index contributed by atoms with van der Waals surface area (Å²) in [6.07, 6.45) is 4.34. The van der Waals surface area contributed by atoms with E-state index in [1.807, 2.05) is 28.7 Å². The molecular weight excluding hydrogens is 419 g/mol. The summed E-state index contributed by atoms with van der Waals surface area (Å²) in [7, 11) is 0. The molecule has 0 fully saturated rings. The van der Waals surface area contributed by atoms with E-state index in [-0.39, 0.29) is 11.7 Å². The number of fused-ring (bicyclic) bond motifs is 3. The zero-order valence-corrected chi connectivity index (χ0v) is 17.7. The lowest BCUT2D eigenvalue weighted by Gasteiger charge is -2.16. The highest BCUT2D eigenvalue weighted by Crippen LogP contribution is 2.46. The number of aromatic nitrogens is 4. The molecule has 1 aliphatic carbocycles. The molecule has 0 radical (unpaired) electrons. The van der Waals surface area contributed by atoms with E-state index >= 15 is 0 Å². The SMILES string of the molecule is CC(C)(O)c1ncc(-c2cn3c4c(nc3cc2F)[C@@H](O)CC4c2ccccc2Cl)cn1. The highest BCUT2D eigenvalue weighted by molar-refractivity contribution is 6.31. The Morgan fingerprint density at radius 2 is 1.90 bits per heavy atom. The van der Waals surface area contributed by atoms with Gasteiger partial charge in [0.05, 0.1) is 17.5 Å². The first-order chi connectivity index (χ1) is 14.7. The van der Waals surface area contributed by atoms with Crippen molar-refractivity contribution in [2.24, 2.45) is 0 Å². The maximum absolute atomic E-state index is 14.9. The molecule has 3 aromatic heterocycles. The molecule has 0 aliphatic heterocycles. The van der Waals surface area contributed by atoms with Crippen LogP contribution in [-0.4, -0.2) is 29.6 Å². The van der Waals surface area contributed by atoms with Gasteiger partial charge in [-0.3, -0.25) is 0 Å². The van der Waals surface area contributed by atoms with Crippen LogP contribution in [0.4, 0.5) is 4.39 Å². The number of halogens is 2. The molecule has 8 heteroatoms. The maximum atomic E-state index is 14.9. The van der Waals surface area contributed by atoms with Gasteiger partial charge >= 0.3 is 0 Å². The summed E-state index contributed by atoms with van der Waals surface area (Å²) in [5.41, 5.74) is 2.23. The van der Waals surface area contributed by atoms with Crippen molar-refractivity contribution in [1.29, 1.82) is 0 Å². The van der Waals surface area contributed by atoms with Crippen LogP contribution in [0.3, 0.4) is 0 Å². The van der Waals surface area contributed by atoms with Gasteiger partial charge in [-0.05, 0) is 31.9 Å². The van der Waals surface area contributed by atoms with Crippen molar-refractivity contribution in [3.05, 3.63) is 82.5 Å². The van der Waals surface area contributed by atoms with Crippen LogP contribution in [0.1, 0.15) is 55.1 Å². The molecule has 0 saturated carbocycles. The van der Waals surface area contributed by atoms with Gasteiger partial charge in [-0.15, -0.1) is 0 Å². The first-order valence-electron chi connectivity index (χ1n) is 9.93. The van der Waals surface area contributed by atoms with E-state index in [0.29, 0.717) is 33.9 Å². The fourth-order valence-electron chi connectivity index (χ4n) is 4.17. The van der Waals surface area contributed by atoms with Crippen LogP contribution in [-0.2, 0) is 5.60 Å². The molecule has 6 nitrogen and oxygen atoms in total. The van der Waals surface area contributed by atoms with Gasteiger partial charge < -0.3 is 14.6 Å². The fraction of sp³-hybridized carbons (Fsp3) is 0.261. The molecule has 0 spiro atoms. The number of hydrogen-bond acceptors (Lipinski definition) is 5. The first-order valence-corrected chi connectivity index (χ1v) is 10.3. The van der Waals surface area contributed by atoms with Gasteiger partial charge in [0.15, 0.2) is 5.82 Å². The Labute approximate surface area is 183 Å². The summed E-state index contributed by atoms with van der Waals surface area (Å²) in [6, 6.07) is 8.85. The summed E-state index contributed by atoms with van der Waals surface area (Å²) in [4.78, 5) is 12.9. The van der Waals surface area contributed by atoms with E-state index in [2.05, 4.69) is 15.0 Å². The molecule has 1 aromatic carbocycles. The Bertz CT molecular complexity index is 1300. The Morgan fingerprint density at radius 1 is 1.19 bits per heavy atom. The van der Waals surface area contributed by atoms with E-state index in [1.165, 1.54) is 18.5 Å². The van der Waals surface area contributed by atoms with E-state index < -0.39 is 17.5 Å². The second-order valence-corrected chi connectivity index (χ2v) is 8.73. The van der Waals surface area contributed by atoms with Crippen molar-refractivity contribution < 1.29 is 14.6 Å².